The second-order valence-corrected chi connectivity index (χ2v) is 5.78. The van der Waals surface area contributed by atoms with Gasteiger partial charge in [0.2, 0.25) is 0 Å². The molecule has 0 saturated carbocycles. The Morgan fingerprint density at radius 2 is 2.25 bits per heavy atom. The first kappa shape index (κ1) is 14.6. The summed E-state index contributed by atoms with van der Waals surface area (Å²) < 4.78 is 0. The van der Waals surface area contributed by atoms with Crippen LogP contribution in [-0.2, 0) is 0 Å². The largest absolute Gasteiger partial charge is 0.340 e. The molecule has 1 N–H and O–H groups in total. The minimum absolute atomic E-state index is 0.131. The number of carbonyl (C=O) groups is 1. The number of aromatic nitrogens is 1. The Hall–Kier alpha value is -1.83. The zero-order valence-corrected chi connectivity index (χ0v) is 12.7. The number of thiazole rings is 1. The maximum absolute atomic E-state index is 11.9. The summed E-state index contributed by atoms with van der Waals surface area (Å²) in [6.07, 6.45) is 0. The lowest BCUT2D eigenvalue weighted by Gasteiger charge is -1.98. The number of nitrogens with zero attached hydrogens (tertiary/aromatic N) is 1. The Bertz CT molecular complexity index is 697. The van der Waals surface area contributed by atoms with Gasteiger partial charge in [-0.15, -0.1) is 11.3 Å². The molecular weight excluding hydrogens is 292 g/mol. The first-order valence-corrected chi connectivity index (χ1v) is 7.22. The Kier molecular flexibility index (Phi) is 4.78. The van der Waals surface area contributed by atoms with Crippen LogP contribution >= 0.6 is 22.9 Å². The highest BCUT2D eigenvalue weighted by Gasteiger charge is 2.12. The molecule has 0 bridgehead atoms. The number of benzene rings is 1. The van der Waals surface area contributed by atoms with E-state index in [0.717, 1.165) is 16.3 Å². The zero-order chi connectivity index (χ0) is 14.5. The van der Waals surface area contributed by atoms with E-state index >= 15 is 0 Å². The van der Waals surface area contributed by atoms with Crippen LogP contribution in [0.5, 0.6) is 0 Å². The lowest BCUT2D eigenvalue weighted by Crippen LogP contribution is -2.23. The maximum Gasteiger partial charge on any atom is 0.264 e. The van der Waals surface area contributed by atoms with E-state index in [1.54, 1.807) is 12.1 Å². The SMILES string of the molecule is Cc1nc(C)c(C(=O)NCC#Cc2cccc(Cl)c2)s1. The lowest BCUT2D eigenvalue weighted by molar-refractivity contribution is 0.0962. The van der Waals surface area contributed by atoms with Crippen LogP contribution in [0.1, 0.15) is 25.9 Å². The highest BCUT2D eigenvalue weighted by molar-refractivity contribution is 7.13. The topological polar surface area (TPSA) is 42.0 Å². The van der Waals surface area contributed by atoms with E-state index in [1.165, 1.54) is 11.3 Å². The predicted octanol–water partition coefficient (Wildman–Crippen LogP) is 3.19. The summed E-state index contributed by atoms with van der Waals surface area (Å²) in [6.45, 7) is 4.01. The molecule has 0 aliphatic heterocycles. The summed E-state index contributed by atoms with van der Waals surface area (Å²) in [6, 6.07) is 7.29. The van der Waals surface area contributed by atoms with Gasteiger partial charge in [-0.1, -0.05) is 29.5 Å². The minimum Gasteiger partial charge on any atom is -0.340 e. The number of hydrogen-bond acceptors (Lipinski definition) is 3. The van der Waals surface area contributed by atoms with Gasteiger partial charge in [-0.2, -0.15) is 0 Å². The van der Waals surface area contributed by atoms with Gasteiger partial charge in [-0.25, -0.2) is 4.98 Å². The van der Waals surface area contributed by atoms with Crippen molar-refractivity contribution in [1.82, 2.24) is 10.3 Å². The van der Waals surface area contributed by atoms with E-state index in [2.05, 4.69) is 22.1 Å². The van der Waals surface area contributed by atoms with Gasteiger partial charge >= 0.3 is 0 Å². The molecule has 0 saturated heterocycles. The van der Waals surface area contributed by atoms with Gasteiger partial charge in [0.15, 0.2) is 0 Å². The molecule has 0 aliphatic rings. The van der Waals surface area contributed by atoms with Gasteiger partial charge in [0, 0.05) is 10.6 Å². The van der Waals surface area contributed by atoms with Crippen molar-refractivity contribution in [2.75, 3.05) is 6.54 Å². The normalized spacial score (nSPS) is 9.75. The van der Waals surface area contributed by atoms with Gasteiger partial charge in [-0.05, 0) is 32.0 Å². The molecule has 102 valence electrons. The molecule has 2 rings (SSSR count). The molecule has 0 fully saturated rings. The van der Waals surface area contributed by atoms with Crippen molar-refractivity contribution in [3.8, 4) is 11.8 Å². The summed E-state index contributed by atoms with van der Waals surface area (Å²) in [7, 11) is 0. The number of halogens is 1. The monoisotopic (exact) mass is 304 g/mol. The number of rotatable bonds is 2. The van der Waals surface area contributed by atoms with Crippen LogP contribution in [0, 0.1) is 25.7 Å². The molecule has 1 aromatic carbocycles. The number of nitrogens with one attached hydrogen (secondary N) is 1. The third kappa shape index (κ3) is 3.83. The van der Waals surface area contributed by atoms with Crippen LogP contribution in [0.4, 0.5) is 0 Å². The molecule has 0 unspecified atom stereocenters. The van der Waals surface area contributed by atoms with E-state index in [-0.39, 0.29) is 5.91 Å². The van der Waals surface area contributed by atoms with E-state index < -0.39 is 0 Å². The van der Waals surface area contributed by atoms with Crippen molar-refractivity contribution >= 4 is 28.8 Å². The van der Waals surface area contributed by atoms with Gasteiger partial charge < -0.3 is 5.32 Å². The number of hydrogen-bond donors (Lipinski definition) is 1. The van der Waals surface area contributed by atoms with Gasteiger partial charge in [-0.3, -0.25) is 4.79 Å². The van der Waals surface area contributed by atoms with Crippen molar-refractivity contribution in [1.29, 1.82) is 0 Å². The summed E-state index contributed by atoms with van der Waals surface area (Å²) in [5, 5.41) is 4.30. The van der Waals surface area contributed by atoms with Crippen molar-refractivity contribution in [3.63, 3.8) is 0 Å². The minimum atomic E-state index is -0.131. The van der Waals surface area contributed by atoms with Crippen molar-refractivity contribution in [2.45, 2.75) is 13.8 Å². The molecule has 0 aliphatic carbocycles. The van der Waals surface area contributed by atoms with E-state index in [4.69, 9.17) is 11.6 Å². The van der Waals surface area contributed by atoms with E-state index in [9.17, 15) is 4.79 Å². The highest BCUT2D eigenvalue weighted by atomic mass is 35.5. The third-order valence-electron chi connectivity index (χ3n) is 2.50. The highest BCUT2D eigenvalue weighted by Crippen LogP contribution is 2.16. The maximum atomic E-state index is 11.9. The van der Waals surface area contributed by atoms with Crippen LogP contribution in [0.15, 0.2) is 24.3 Å². The number of carbonyl (C=O) groups excluding carboxylic acids is 1. The molecule has 0 radical (unpaired) electrons. The predicted molar refractivity (Wildman–Crippen MR) is 82.3 cm³/mol. The van der Waals surface area contributed by atoms with Crippen molar-refractivity contribution < 1.29 is 4.79 Å². The molecular formula is C15H13ClN2OS. The van der Waals surface area contributed by atoms with Crippen LogP contribution < -0.4 is 5.32 Å². The molecule has 0 spiro atoms. The molecule has 0 atom stereocenters. The van der Waals surface area contributed by atoms with Crippen LogP contribution in [0.25, 0.3) is 0 Å². The molecule has 5 heteroatoms. The molecule has 1 amide bonds. The first-order chi connectivity index (χ1) is 9.56. The zero-order valence-electron chi connectivity index (χ0n) is 11.2. The summed E-state index contributed by atoms with van der Waals surface area (Å²) >= 11 is 7.25. The fraction of sp³-hybridized carbons (Fsp3) is 0.200. The molecule has 1 aromatic heterocycles. The molecule has 20 heavy (non-hydrogen) atoms. The van der Waals surface area contributed by atoms with Gasteiger partial charge in [0.05, 0.1) is 17.2 Å². The van der Waals surface area contributed by atoms with Crippen molar-refractivity contribution in [3.05, 3.63) is 50.4 Å². The summed E-state index contributed by atoms with van der Waals surface area (Å²) in [5.41, 5.74) is 1.59. The average Bonchev–Trinajstić information content (AvgIpc) is 2.74. The first-order valence-electron chi connectivity index (χ1n) is 6.03. The molecule has 1 heterocycles. The van der Waals surface area contributed by atoms with E-state index in [0.29, 0.717) is 16.4 Å². The Balaban J connectivity index is 1.94. The van der Waals surface area contributed by atoms with Crippen LogP contribution in [0.3, 0.4) is 0 Å². The number of amides is 1. The summed E-state index contributed by atoms with van der Waals surface area (Å²) in [4.78, 5) is 16.8. The third-order valence-corrected chi connectivity index (χ3v) is 3.81. The quantitative estimate of drug-likeness (QED) is 0.866. The van der Waals surface area contributed by atoms with Crippen molar-refractivity contribution in [2.24, 2.45) is 0 Å². The van der Waals surface area contributed by atoms with Gasteiger partial charge in [0.25, 0.3) is 5.91 Å². The van der Waals surface area contributed by atoms with Gasteiger partial charge in [0.1, 0.15) is 4.88 Å². The van der Waals surface area contributed by atoms with E-state index in [1.807, 2.05) is 26.0 Å². The van der Waals surface area contributed by atoms with Crippen LogP contribution in [-0.4, -0.2) is 17.4 Å². The van der Waals surface area contributed by atoms with Crippen LogP contribution in [0.2, 0.25) is 5.02 Å². The average molecular weight is 305 g/mol. The lowest BCUT2D eigenvalue weighted by atomic mass is 10.2. The Morgan fingerprint density at radius 1 is 1.45 bits per heavy atom. The second kappa shape index (κ2) is 6.56. The fourth-order valence-electron chi connectivity index (χ4n) is 1.66. The standard InChI is InChI=1S/C15H13ClN2OS/c1-10-14(20-11(2)18-10)15(19)17-8-4-6-12-5-3-7-13(16)9-12/h3,5,7,9H,8H2,1-2H3,(H,17,19). The Morgan fingerprint density at radius 3 is 2.90 bits per heavy atom. The smallest absolute Gasteiger partial charge is 0.264 e. The molecule has 2 aromatic rings. The summed E-state index contributed by atoms with van der Waals surface area (Å²) in [5.74, 6) is 5.72. The number of aryl methyl sites for hydroxylation is 2. The second-order valence-electron chi connectivity index (χ2n) is 4.14. The molecule has 3 nitrogen and oxygen atoms in total. The Labute approximate surface area is 127 Å². The fourth-order valence-corrected chi connectivity index (χ4v) is 2.69.